The molecule has 0 amide bonds. The Hall–Kier alpha value is -1.78. The van der Waals surface area contributed by atoms with Crippen LogP contribution in [0, 0.1) is 24.2 Å². The zero-order chi connectivity index (χ0) is 16.2. The zero-order valence-electron chi connectivity index (χ0n) is 12.6. The molecule has 0 radical (unpaired) electrons. The van der Waals surface area contributed by atoms with Crippen molar-refractivity contribution in [2.24, 2.45) is 11.1 Å². The van der Waals surface area contributed by atoms with Crippen LogP contribution in [0.25, 0.3) is 0 Å². The first-order valence-electron chi connectivity index (χ1n) is 6.71. The van der Waals surface area contributed by atoms with Gasteiger partial charge in [0.15, 0.2) is 0 Å². The molecule has 0 saturated carbocycles. The fourth-order valence-corrected chi connectivity index (χ4v) is 3.09. The number of hydrogen-bond acceptors (Lipinski definition) is 5. The highest BCUT2D eigenvalue weighted by atomic mass is 32.2. The molecule has 0 aliphatic rings. The van der Waals surface area contributed by atoms with E-state index in [1.807, 2.05) is 4.90 Å². The lowest BCUT2D eigenvalue weighted by Gasteiger charge is -2.28. The normalized spacial score (nSPS) is 11.4. The Morgan fingerprint density at radius 2 is 2.00 bits per heavy atom. The predicted molar refractivity (Wildman–Crippen MR) is 84.2 cm³/mol. The second-order valence-electron chi connectivity index (χ2n) is 5.46. The lowest BCUT2D eigenvalue weighted by atomic mass is 10.1. The molecule has 0 unspecified atom stereocenters. The van der Waals surface area contributed by atoms with Crippen LogP contribution in [-0.4, -0.2) is 21.5 Å². The third kappa shape index (κ3) is 4.62. The molecule has 7 heteroatoms. The molecule has 0 atom stereocenters. The van der Waals surface area contributed by atoms with Crippen molar-refractivity contribution >= 4 is 21.4 Å². The third-order valence-electron chi connectivity index (χ3n) is 3.08. The van der Waals surface area contributed by atoms with Gasteiger partial charge in [-0.15, -0.1) is 0 Å². The van der Waals surface area contributed by atoms with Gasteiger partial charge in [-0.1, -0.05) is 13.8 Å². The number of nitrogen functional groups attached to an aromatic ring is 1. The van der Waals surface area contributed by atoms with Crippen molar-refractivity contribution in [1.82, 2.24) is 0 Å². The molecule has 0 bridgehead atoms. The maximum atomic E-state index is 11.7. The van der Waals surface area contributed by atoms with Gasteiger partial charge >= 0.3 is 0 Å². The van der Waals surface area contributed by atoms with Crippen LogP contribution in [0.3, 0.4) is 0 Å². The van der Waals surface area contributed by atoms with E-state index in [0.717, 1.165) is 0 Å². The molecule has 0 aliphatic heterocycles. The highest BCUT2D eigenvalue weighted by molar-refractivity contribution is 7.89. The van der Waals surface area contributed by atoms with Gasteiger partial charge in [-0.25, -0.2) is 13.6 Å². The summed E-state index contributed by atoms with van der Waals surface area (Å²) in [5, 5.41) is 14.0. The first-order chi connectivity index (χ1) is 9.66. The summed E-state index contributed by atoms with van der Waals surface area (Å²) in [5.74, 6) is 0.363. The van der Waals surface area contributed by atoms with Crippen molar-refractivity contribution in [3.8, 4) is 6.07 Å². The number of sulfonamides is 1. The van der Waals surface area contributed by atoms with Gasteiger partial charge in [-0.05, 0) is 30.5 Å². The van der Waals surface area contributed by atoms with Crippen molar-refractivity contribution in [3.05, 3.63) is 17.7 Å². The smallest absolute Gasteiger partial charge is 0.238 e. The fraction of sp³-hybridized carbons (Fsp3) is 0.500. The highest BCUT2D eigenvalue weighted by Gasteiger charge is 2.19. The van der Waals surface area contributed by atoms with Gasteiger partial charge in [0.25, 0.3) is 0 Å². The Balaban J connectivity index is 3.37. The van der Waals surface area contributed by atoms with Crippen LogP contribution in [0.15, 0.2) is 17.0 Å². The predicted octanol–water partition coefficient (Wildman–Crippen LogP) is 1.60. The molecule has 1 aromatic carbocycles. The standard InChI is InChI=1S/C14H22N4O2S/c1-10(2)9-18(6-4-5-15)13-7-12(16)8-14(11(13)3)21(17,19)20/h7-8,10H,4,6,9,16H2,1-3H3,(H2,17,19,20). The van der Waals surface area contributed by atoms with Gasteiger partial charge in [-0.3, -0.25) is 0 Å². The summed E-state index contributed by atoms with van der Waals surface area (Å²) in [6.07, 6.45) is 0.353. The molecule has 1 aromatic rings. The van der Waals surface area contributed by atoms with Crippen molar-refractivity contribution in [2.45, 2.75) is 32.1 Å². The van der Waals surface area contributed by atoms with Crippen molar-refractivity contribution in [1.29, 1.82) is 5.26 Å². The van der Waals surface area contributed by atoms with E-state index in [-0.39, 0.29) is 4.90 Å². The number of nitriles is 1. The molecule has 21 heavy (non-hydrogen) atoms. The molecule has 0 heterocycles. The van der Waals surface area contributed by atoms with Gasteiger partial charge in [0.1, 0.15) is 0 Å². The first-order valence-corrected chi connectivity index (χ1v) is 8.26. The summed E-state index contributed by atoms with van der Waals surface area (Å²) >= 11 is 0. The Labute approximate surface area is 126 Å². The van der Waals surface area contributed by atoms with E-state index >= 15 is 0 Å². The number of nitrogens with zero attached hydrogens (tertiary/aromatic N) is 2. The van der Waals surface area contributed by atoms with Gasteiger partial charge in [0.05, 0.1) is 17.4 Å². The largest absolute Gasteiger partial charge is 0.399 e. The van der Waals surface area contributed by atoms with E-state index in [1.165, 1.54) is 6.07 Å². The number of benzene rings is 1. The maximum absolute atomic E-state index is 11.7. The van der Waals surface area contributed by atoms with E-state index < -0.39 is 10.0 Å². The van der Waals surface area contributed by atoms with Crippen molar-refractivity contribution in [3.63, 3.8) is 0 Å². The Morgan fingerprint density at radius 1 is 1.38 bits per heavy atom. The summed E-state index contributed by atoms with van der Waals surface area (Å²) in [5.41, 5.74) is 7.42. The minimum atomic E-state index is -3.83. The van der Waals surface area contributed by atoms with Gasteiger partial charge in [0, 0.05) is 24.5 Å². The number of hydrogen-bond donors (Lipinski definition) is 2. The third-order valence-corrected chi connectivity index (χ3v) is 4.12. The van der Waals surface area contributed by atoms with Crippen LogP contribution in [0.5, 0.6) is 0 Å². The lowest BCUT2D eigenvalue weighted by molar-refractivity contribution is 0.596. The number of primary sulfonamides is 1. The SMILES string of the molecule is Cc1c(N(CCC#N)CC(C)C)cc(N)cc1S(N)(=O)=O. The first kappa shape index (κ1) is 17.3. The van der Waals surface area contributed by atoms with E-state index in [0.29, 0.717) is 42.4 Å². The van der Waals surface area contributed by atoms with Crippen LogP contribution >= 0.6 is 0 Å². The second-order valence-corrected chi connectivity index (χ2v) is 6.99. The molecular weight excluding hydrogens is 288 g/mol. The molecule has 1 rings (SSSR count). The molecule has 6 nitrogen and oxygen atoms in total. The zero-order valence-corrected chi connectivity index (χ0v) is 13.4. The highest BCUT2D eigenvalue weighted by Crippen LogP contribution is 2.29. The molecular formula is C14H22N4O2S. The lowest BCUT2D eigenvalue weighted by Crippen LogP contribution is -2.30. The Kier molecular flexibility index (Phi) is 5.58. The molecule has 0 aromatic heterocycles. The second kappa shape index (κ2) is 6.78. The van der Waals surface area contributed by atoms with E-state index in [9.17, 15) is 8.42 Å². The minimum Gasteiger partial charge on any atom is -0.399 e. The number of rotatable bonds is 6. The molecule has 0 fully saturated rings. The summed E-state index contributed by atoms with van der Waals surface area (Å²) in [6.45, 7) is 7.04. The fourth-order valence-electron chi connectivity index (χ4n) is 2.25. The van der Waals surface area contributed by atoms with E-state index in [4.69, 9.17) is 16.1 Å². The van der Waals surface area contributed by atoms with Gasteiger partial charge in [0.2, 0.25) is 10.0 Å². The van der Waals surface area contributed by atoms with Crippen LogP contribution in [0.4, 0.5) is 11.4 Å². The van der Waals surface area contributed by atoms with Crippen LogP contribution in [-0.2, 0) is 10.0 Å². The summed E-state index contributed by atoms with van der Waals surface area (Å²) < 4.78 is 23.3. The Morgan fingerprint density at radius 3 is 2.48 bits per heavy atom. The number of anilines is 2. The van der Waals surface area contributed by atoms with E-state index in [2.05, 4.69) is 19.9 Å². The van der Waals surface area contributed by atoms with Crippen molar-refractivity contribution in [2.75, 3.05) is 23.7 Å². The van der Waals surface area contributed by atoms with E-state index in [1.54, 1.807) is 13.0 Å². The molecule has 0 spiro atoms. The van der Waals surface area contributed by atoms with Crippen LogP contribution < -0.4 is 15.8 Å². The monoisotopic (exact) mass is 310 g/mol. The summed E-state index contributed by atoms with van der Waals surface area (Å²) in [7, 11) is -3.83. The van der Waals surface area contributed by atoms with Gasteiger partial charge < -0.3 is 10.6 Å². The quantitative estimate of drug-likeness (QED) is 0.775. The average molecular weight is 310 g/mol. The molecule has 4 N–H and O–H groups in total. The molecule has 0 saturated heterocycles. The molecule has 0 aliphatic carbocycles. The summed E-state index contributed by atoms with van der Waals surface area (Å²) in [4.78, 5) is 2.01. The van der Waals surface area contributed by atoms with Crippen molar-refractivity contribution < 1.29 is 8.42 Å². The topological polar surface area (TPSA) is 113 Å². The average Bonchev–Trinajstić information content (AvgIpc) is 2.35. The minimum absolute atomic E-state index is 0.0308. The molecule has 116 valence electrons. The van der Waals surface area contributed by atoms with Crippen LogP contribution in [0.2, 0.25) is 0 Å². The summed E-state index contributed by atoms with van der Waals surface area (Å²) in [6, 6.07) is 5.20. The van der Waals surface area contributed by atoms with Crippen LogP contribution in [0.1, 0.15) is 25.8 Å². The van der Waals surface area contributed by atoms with Gasteiger partial charge in [-0.2, -0.15) is 5.26 Å². The maximum Gasteiger partial charge on any atom is 0.238 e. The Bertz CT molecular complexity index is 648. The number of nitrogens with two attached hydrogens (primary N) is 2.